The largest absolute Gasteiger partial charge is 0.389 e. The second-order valence-electron chi connectivity index (χ2n) is 14.9. The van der Waals surface area contributed by atoms with Crippen molar-refractivity contribution < 1.29 is 9.59 Å². The van der Waals surface area contributed by atoms with Gasteiger partial charge in [-0.15, -0.1) is 0 Å². The summed E-state index contributed by atoms with van der Waals surface area (Å²) in [4.78, 5) is 22.1. The second kappa shape index (κ2) is 33.0. The first kappa shape index (κ1) is 51.2. The molecule has 4 unspecified atom stereocenters. The fraction of sp³-hybridized carbons (Fsp3) is 0.674. The van der Waals surface area contributed by atoms with Gasteiger partial charge in [0, 0.05) is 29.9 Å². The third-order valence-electron chi connectivity index (χ3n) is 8.16. The van der Waals surface area contributed by atoms with Gasteiger partial charge in [0.2, 0.25) is 12.3 Å². The van der Waals surface area contributed by atoms with E-state index in [0.29, 0.717) is 36.4 Å². The Morgan fingerprint density at radius 1 is 0.740 bits per heavy atom. The molecule has 4 atom stereocenters. The van der Waals surface area contributed by atoms with Crippen LogP contribution in [0.15, 0.2) is 68.2 Å². The number of carbonyl (C=O) groups is 2. The lowest BCUT2D eigenvalue weighted by Crippen LogP contribution is -2.49. The van der Waals surface area contributed by atoms with E-state index in [4.69, 9.17) is 0 Å². The van der Waals surface area contributed by atoms with Gasteiger partial charge in [-0.05, 0) is 94.0 Å². The van der Waals surface area contributed by atoms with Crippen molar-refractivity contribution in [2.45, 2.75) is 165 Å². The minimum Gasteiger partial charge on any atom is -0.389 e. The number of carbonyl (C=O) groups excluding carboxylic acids is 2. The standard InChI is InChI=1S/C13H19N.C12H25N.C11H22N2O2.C7H15N/c1-3-8-13(14-4-2)11-12-9-6-5-7-10-12;1-9(2)7-11(5)13-12(6)8-10(3)4;1-5-9(6-2)13-11(15)10(8(3)4)12-7-14;1-5-8-7(4)6(2)3/h4-7,9-10,13-14H,2-3,8,11H2,1H3;9-10,12-13H,5,7-8H2,1-4,6H3;7-10H,5-6H2,1-4H3,(H,12,14)(H,13,15);5-8H,1H2,2-4H3. The predicted molar refractivity (Wildman–Crippen MR) is 221 cm³/mol. The summed E-state index contributed by atoms with van der Waals surface area (Å²) in [6.45, 7) is 39.1. The molecule has 1 aromatic carbocycles. The van der Waals surface area contributed by atoms with E-state index in [9.17, 15) is 9.59 Å². The highest BCUT2D eigenvalue weighted by Crippen LogP contribution is 2.10. The predicted octanol–water partition coefficient (Wildman–Crippen LogP) is 9.53. The fourth-order valence-corrected chi connectivity index (χ4v) is 5.13. The van der Waals surface area contributed by atoms with E-state index in [1.807, 2.05) is 27.7 Å². The van der Waals surface area contributed by atoms with Crippen molar-refractivity contribution in [3.05, 3.63) is 73.7 Å². The number of hydrogen-bond acceptors (Lipinski definition) is 5. The molecule has 0 aromatic heterocycles. The lowest BCUT2D eigenvalue weighted by molar-refractivity contribution is -0.127. The van der Waals surface area contributed by atoms with Crippen molar-refractivity contribution in [2.24, 2.45) is 23.7 Å². The topological polar surface area (TPSA) is 94.3 Å². The average molecular weight is 700 g/mol. The lowest BCUT2D eigenvalue weighted by Gasteiger charge is -2.22. The Bertz CT molecular complexity index is 973. The second-order valence-corrected chi connectivity index (χ2v) is 14.9. The molecule has 7 heteroatoms. The molecule has 290 valence electrons. The van der Waals surface area contributed by atoms with Crippen molar-refractivity contribution in [1.29, 1.82) is 0 Å². The smallest absolute Gasteiger partial charge is 0.243 e. The van der Waals surface area contributed by atoms with Crippen molar-refractivity contribution in [3.8, 4) is 0 Å². The Balaban J connectivity index is -0.000000602. The number of hydrogen-bond donors (Lipinski definition) is 5. The van der Waals surface area contributed by atoms with Gasteiger partial charge in [-0.25, -0.2) is 0 Å². The summed E-state index contributed by atoms with van der Waals surface area (Å²) in [5, 5.41) is 15.3. The summed E-state index contributed by atoms with van der Waals surface area (Å²) < 4.78 is 0. The number of amides is 2. The number of benzene rings is 1. The Labute approximate surface area is 310 Å². The highest BCUT2D eigenvalue weighted by molar-refractivity contribution is 5.84. The minimum atomic E-state index is -0.428. The van der Waals surface area contributed by atoms with Crippen LogP contribution >= 0.6 is 0 Å². The molecule has 1 aromatic rings. The first-order valence-electron chi connectivity index (χ1n) is 19.2. The van der Waals surface area contributed by atoms with Gasteiger partial charge in [0.1, 0.15) is 6.04 Å². The Morgan fingerprint density at radius 2 is 1.30 bits per heavy atom. The van der Waals surface area contributed by atoms with Gasteiger partial charge in [-0.1, -0.05) is 133 Å². The highest BCUT2D eigenvalue weighted by Gasteiger charge is 2.22. The zero-order valence-corrected chi connectivity index (χ0v) is 34.7. The SMILES string of the molecule is C=C(CC(C)C)NC(C)CC(C)C.C=CNC(C)C(C)C.C=CNC(CCC)Cc1ccccc1.CCC(CC)NC(=O)C(NC=O)C(C)C. The molecule has 5 N–H and O–H groups in total. The maximum absolute atomic E-state index is 11.8. The van der Waals surface area contributed by atoms with Crippen molar-refractivity contribution in [1.82, 2.24) is 26.6 Å². The number of allylic oxidation sites excluding steroid dienone is 1. The molecule has 0 saturated heterocycles. The molecule has 7 nitrogen and oxygen atoms in total. The van der Waals surface area contributed by atoms with E-state index in [1.54, 1.807) is 12.4 Å². The monoisotopic (exact) mass is 700 g/mol. The molecule has 2 amide bonds. The van der Waals surface area contributed by atoms with E-state index in [2.05, 4.69) is 139 Å². The van der Waals surface area contributed by atoms with Crippen LogP contribution in [0.4, 0.5) is 0 Å². The van der Waals surface area contributed by atoms with Gasteiger partial charge in [0.15, 0.2) is 0 Å². The molecule has 0 heterocycles. The quantitative estimate of drug-likeness (QED) is 0.0778. The third kappa shape index (κ3) is 30.8. The van der Waals surface area contributed by atoms with Crippen LogP contribution in [-0.2, 0) is 16.0 Å². The first-order chi connectivity index (χ1) is 23.5. The van der Waals surface area contributed by atoms with Gasteiger partial charge < -0.3 is 26.6 Å². The molecular formula is C43H81N5O2. The Kier molecular flexibility index (Phi) is 33.7. The number of nitrogens with one attached hydrogen (secondary N) is 5. The molecule has 0 radical (unpaired) electrons. The summed E-state index contributed by atoms with van der Waals surface area (Å²) in [5.74, 6) is 2.16. The highest BCUT2D eigenvalue weighted by atomic mass is 16.2. The summed E-state index contributed by atoms with van der Waals surface area (Å²) in [6, 6.07) is 12.0. The maximum Gasteiger partial charge on any atom is 0.243 e. The van der Waals surface area contributed by atoms with Crippen molar-refractivity contribution in [3.63, 3.8) is 0 Å². The molecule has 0 spiro atoms. The lowest BCUT2D eigenvalue weighted by atomic mass is 10.0. The molecule has 50 heavy (non-hydrogen) atoms. The average Bonchev–Trinajstić information content (AvgIpc) is 3.03. The molecule has 0 saturated carbocycles. The maximum atomic E-state index is 11.8. The molecule has 1 rings (SSSR count). The fourth-order valence-electron chi connectivity index (χ4n) is 5.13. The summed E-state index contributed by atoms with van der Waals surface area (Å²) >= 11 is 0. The van der Waals surface area contributed by atoms with Crippen LogP contribution in [0.2, 0.25) is 0 Å². The number of rotatable bonds is 22. The van der Waals surface area contributed by atoms with Gasteiger partial charge in [0.05, 0.1) is 0 Å². The Morgan fingerprint density at radius 3 is 1.68 bits per heavy atom. The summed E-state index contributed by atoms with van der Waals surface area (Å²) in [5.41, 5.74) is 2.57. The van der Waals surface area contributed by atoms with E-state index >= 15 is 0 Å². The Hall–Kier alpha value is -3.22. The van der Waals surface area contributed by atoms with Crippen LogP contribution in [0.3, 0.4) is 0 Å². The molecule has 0 aliphatic heterocycles. The van der Waals surface area contributed by atoms with Crippen LogP contribution in [0, 0.1) is 23.7 Å². The van der Waals surface area contributed by atoms with E-state index < -0.39 is 6.04 Å². The minimum absolute atomic E-state index is 0.0919. The zero-order valence-electron chi connectivity index (χ0n) is 34.7. The molecular weight excluding hydrogens is 619 g/mol. The van der Waals surface area contributed by atoms with Gasteiger partial charge in [0.25, 0.3) is 0 Å². The van der Waals surface area contributed by atoms with Crippen molar-refractivity contribution >= 4 is 12.3 Å². The van der Waals surface area contributed by atoms with E-state index in [1.165, 1.54) is 30.5 Å². The third-order valence-corrected chi connectivity index (χ3v) is 8.16. The van der Waals surface area contributed by atoms with Gasteiger partial charge >= 0.3 is 0 Å². The summed E-state index contributed by atoms with van der Waals surface area (Å²) in [6.07, 6.45) is 11.7. The molecule has 0 aliphatic carbocycles. The molecule has 0 aliphatic rings. The van der Waals surface area contributed by atoms with Crippen LogP contribution < -0.4 is 26.6 Å². The van der Waals surface area contributed by atoms with E-state index in [0.717, 1.165) is 31.6 Å². The van der Waals surface area contributed by atoms with Crippen LogP contribution in [-0.4, -0.2) is 42.5 Å². The summed E-state index contributed by atoms with van der Waals surface area (Å²) in [7, 11) is 0. The normalized spacial score (nSPS) is 12.8. The van der Waals surface area contributed by atoms with Gasteiger partial charge in [-0.3, -0.25) is 9.59 Å². The van der Waals surface area contributed by atoms with Crippen LogP contribution in [0.1, 0.15) is 134 Å². The van der Waals surface area contributed by atoms with Crippen LogP contribution in [0.5, 0.6) is 0 Å². The van der Waals surface area contributed by atoms with E-state index in [-0.39, 0.29) is 17.9 Å². The first-order valence-corrected chi connectivity index (χ1v) is 19.2. The van der Waals surface area contributed by atoms with Crippen molar-refractivity contribution in [2.75, 3.05) is 0 Å². The molecule has 0 bridgehead atoms. The van der Waals surface area contributed by atoms with Gasteiger partial charge in [-0.2, -0.15) is 0 Å². The zero-order chi connectivity index (χ0) is 39.1. The van der Waals surface area contributed by atoms with Crippen LogP contribution in [0.25, 0.3) is 0 Å². The molecule has 0 fully saturated rings.